The van der Waals surface area contributed by atoms with Crippen molar-refractivity contribution in [2.75, 3.05) is 18.4 Å². The van der Waals surface area contributed by atoms with Gasteiger partial charge in [0, 0.05) is 11.4 Å². The molecular weight excluding hydrogens is 282 g/mol. The third-order valence-electron chi connectivity index (χ3n) is 3.74. The molecule has 2 N–H and O–H groups in total. The summed E-state index contributed by atoms with van der Waals surface area (Å²) >= 11 is 1.66. The zero-order valence-corrected chi connectivity index (χ0v) is 12.5. The molecule has 3 rings (SSSR count). The minimum absolute atomic E-state index is 0. The lowest BCUT2D eigenvalue weighted by Gasteiger charge is -2.21. The molecule has 0 saturated carbocycles. The lowest BCUT2D eigenvalue weighted by molar-refractivity contribution is -0.120. The summed E-state index contributed by atoms with van der Waals surface area (Å²) < 4.78 is 0. The van der Waals surface area contributed by atoms with E-state index in [-0.39, 0.29) is 24.2 Å². The number of hydrogen-bond acceptors (Lipinski definition) is 4. The van der Waals surface area contributed by atoms with Crippen molar-refractivity contribution < 1.29 is 4.79 Å². The quantitative estimate of drug-likeness (QED) is 0.882. The fourth-order valence-corrected chi connectivity index (χ4v) is 3.74. The third-order valence-corrected chi connectivity index (χ3v) is 4.82. The molecule has 0 radical (unpaired) electrons. The van der Waals surface area contributed by atoms with Crippen LogP contribution in [0.4, 0.5) is 5.13 Å². The van der Waals surface area contributed by atoms with E-state index in [1.165, 1.54) is 23.4 Å². The number of hydrogen-bond donors (Lipinski definition) is 2. The third kappa shape index (κ3) is 3.46. The highest BCUT2D eigenvalue weighted by Gasteiger charge is 2.23. The lowest BCUT2D eigenvalue weighted by Crippen LogP contribution is -2.37. The number of thiazole rings is 1. The van der Waals surface area contributed by atoms with E-state index < -0.39 is 0 Å². The number of nitrogens with zero attached hydrogens (tertiary/aromatic N) is 1. The van der Waals surface area contributed by atoms with Crippen LogP contribution in [0.3, 0.4) is 0 Å². The summed E-state index contributed by atoms with van der Waals surface area (Å²) in [5, 5.41) is 7.07. The number of nitrogens with one attached hydrogen (secondary N) is 2. The highest BCUT2D eigenvalue weighted by atomic mass is 35.5. The molecular formula is C13H20ClN3OS. The molecule has 1 amide bonds. The van der Waals surface area contributed by atoms with Crippen molar-refractivity contribution in [2.45, 2.75) is 38.5 Å². The molecule has 1 aliphatic carbocycles. The first-order valence-corrected chi connectivity index (χ1v) is 7.65. The average Bonchev–Trinajstić information content (AvgIpc) is 2.82. The average molecular weight is 302 g/mol. The second kappa shape index (κ2) is 6.68. The van der Waals surface area contributed by atoms with Gasteiger partial charge in [-0.1, -0.05) is 0 Å². The largest absolute Gasteiger partial charge is 0.316 e. The maximum atomic E-state index is 12.1. The van der Waals surface area contributed by atoms with Crippen molar-refractivity contribution in [1.29, 1.82) is 0 Å². The predicted octanol–water partition coefficient (Wildman–Crippen LogP) is 2.38. The van der Waals surface area contributed by atoms with E-state index in [1.54, 1.807) is 11.3 Å². The minimum Gasteiger partial charge on any atom is -0.316 e. The fourth-order valence-electron chi connectivity index (χ4n) is 2.69. The van der Waals surface area contributed by atoms with Gasteiger partial charge in [-0.05, 0) is 45.1 Å². The Labute approximate surface area is 123 Å². The molecule has 106 valence electrons. The van der Waals surface area contributed by atoms with Gasteiger partial charge in [-0.3, -0.25) is 4.79 Å². The van der Waals surface area contributed by atoms with Gasteiger partial charge in [0.15, 0.2) is 5.13 Å². The van der Waals surface area contributed by atoms with Crippen LogP contribution >= 0.6 is 23.7 Å². The van der Waals surface area contributed by atoms with E-state index in [0.29, 0.717) is 0 Å². The van der Waals surface area contributed by atoms with Crippen molar-refractivity contribution >= 4 is 34.8 Å². The Balaban J connectivity index is 0.00000133. The summed E-state index contributed by atoms with van der Waals surface area (Å²) in [7, 11) is 0. The SMILES string of the molecule is Cl.O=C(Nc1nc2c(s1)CCCC2)[C@@H]1CCCNC1. The Hall–Kier alpha value is -0.650. The van der Waals surface area contributed by atoms with Crippen molar-refractivity contribution in [1.82, 2.24) is 10.3 Å². The summed E-state index contributed by atoms with van der Waals surface area (Å²) in [6.07, 6.45) is 6.78. The molecule has 2 aliphatic rings. The molecule has 2 heterocycles. The van der Waals surface area contributed by atoms with Gasteiger partial charge in [0.05, 0.1) is 11.6 Å². The molecule has 1 atom stereocenters. The van der Waals surface area contributed by atoms with Crippen LogP contribution in [0.25, 0.3) is 0 Å². The van der Waals surface area contributed by atoms with E-state index >= 15 is 0 Å². The number of halogens is 1. The molecule has 4 nitrogen and oxygen atoms in total. The molecule has 1 aromatic heterocycles. The van der Waals surface area contributed by atoms with Crippen LogP contribution in [0.2, 0.25) is 0 Å². The minimum atomic E-state index is 0. The number of anilines is 1. The number of aryl methyl sites for hydroxylation is 2. The summed E-state index contributed by atoms with van der Waals surface area (Å²) in [6.45, 7) is 1.84. The van der Waals surface area contributed by atoms with Gasteiger partial charge in [-0.2, -0.15) is 0 Å². The van der Waals surface area contributed by atoms with Crippen LogP contribution in [0.15, 0.2) is 0 Å². The smallest absolute Gasteiger partial charge is 0.230 e. The van der Waals surface area contributed by atoms with Crippen LogP contribution < -0.4 is 10.6 Å². The van der Waals surface area contributed by atoms with Crippen LogP contribution in [0, 0.1) is 5.92 Å². The molecule has 1 saturated heterocycles. The first-order valence-electron chi connectivity index (χ1n) is 6.83. The van der Waals surface area contributed by atoms with Gasteiger partial charge in [-0.25, -0.2) is 4.98 Å². The maximum Gasteiger partial charge on any atom is 0.230 e. The monoisotopic (exact) mass is 301 g/mol. The summed E-state index contributed by atoms with van der Waals surface area (Å²) in [5.41, 5.74) is 1.21. The molecule has 1 fully saturated rings. The molecule has 0 aromatic carbocycles. The van der Waals surface area contributed by atoms with Crippen LogP contribution in [0.1, 0.15) is 36.3 Å². The molecule has 0 unspecified atom stereocenters. The summed E-state index contributed by atoms with van der Waals surface area (Å²) in [5.74, 6) is 0.243. The Kier molecular flexibility index (Phi) is 5.19. The maximum absolute atomic E-state index is 12.1. The Bertz CT molecular complexity index is 420. The van der Waals surface area contributed by atoms with Crippen molar-refractivity contribution in [3.05, 3.63) is 10.6 Å². The van der Waals surface area contributed by atoms with Gasteiger partial charge in [0.1, 0.15) is 0 Å². The number of carbonyl (C=O) groups is 1. The van der Waals surface area contributed by atoms with Crippen molar-refractivity contribution in [2.24, 2.45) is 5.92 Å². The zero-order valence-electron chi connectivity index (χ0n) is 10.9. The second-order valence-corrected chi connectivity index (χ2v) is 6.21. The van der Waals surface area contributed by atoms with E-state index in [1.807, 2.05) is 0 Å². The standard InChI is InChI=1S/C13H19N3OS.ClH/c17-12(9-4-3-7-14-8-9)16-13-15-10-5-1-2-6-11(10)18-13;/h9,14H,1-8H2,(H,15,16,17);1H/t9-;/m1./s1. The Morgan fingerprint density at radius 3 is 2.89 bits per heavy atom. The first-order chi connectivity index (χ1) is 8.83. The van der Waals surface area contributed by atoms with Crippen LogP contribution in [-0.2, 0) is 17.6 Å². The highest BCUT2D eigenvalue weighted by molar-refractivity contribution is 7.15. The molecule has 6 heteroatoms. The number of rotatable bonds is 2. The van der Waals surface area contributed by atoms with E-state index in [0.717, 1.165) is 43.9 Å². The van der Waals surface area contributed by atoms with Crippen molar-refractivity contribution in [3.63, 3.8) is 0 Å². The van der Waals surface area contributed by atoms with Gasteiger partial charge < -0.3 is 10.6 Å². The fraction of sp³-hybridized carbons (Fsp3) is 0.692. The lowest BCUT2D eigenvalue weighted by atomic mass is 9.99. The van der Waals surface area contributed by atoms with Crippen LogP contribution in [0.5, 0.6) is 0 Å². The molecule has 0 bridgehead atoms. The molecule has 19 heavy (non-hydrogen) atoms. The normalized spacial score (nSPS) is 22.2. The highest BCUT2D eigenvalue weighted by Crippen LogP contribution is 2.29. The van der Waals surface area contributed by atoms with Gasteiger partial charge in [0.2, 0.25) is 5.91 Å². The Morgan fingerprint density at radius 2 is 2.16 bits per heavy atom. The van der Waals surface area contributed by atoms with Gasteiger partial charge in [0.25, 0.3) is 0 Å². The van der Waals surface area contributed by atoms with Gasteiger partial charge in [-0.15, -0.1) is 23.7 Å². The second-order valence-electron chi connectivity index (χ2n) is 5.13. The van der Waals surface area contributed by atoms with Crippen LogP contribution in [-0.4, -0.2) is 24.0 Å². The van der Waals surface area contributed by atoms with Crippen molar-refractivity contribution in [3.8, 4) is 0 Å². The number of carbonyl (C=O) groups excluding carboxylic acids is 1. The van der Waals surface area contributed by atoms with Gasteiger partial charge >= 0.3 is 0 Å². The Morgan fingerprint density at radius 1 is 1.32 bits per heavy atom. The van der Waals surface area contributed by atoms with E-state index in [9.17, 15) is 4.79 Å². The van der Waals surface area contributed by atoms with E-state index in [2.05, 4.69) is 15.6 Å². The van der Waals surface area contributed by atoms with E-state index in [4.69, 9.17) is 0 Å². The number of amides is 1. The molecule has 1 aromatic rings. The zero-order chi connectivity index (χ0) is 12.4. The topological polar surface area (TPSA) is 54.0 Å². The molecule has 1 aliphatic heterocycles. The molecule has 0 spiro atoms. The number of fused-ring (bicyclic) bond motifs is 1. The summed E-state index contributed by atoms with van der Waals surface area (Å²) in [4.78, 5) is 18.0. The number of piperidine rings is 1. The first kappa shape index (κ1) is 14.8. The predicted molar refractivity (Wildman–Crippen MR) is 80.2 cm³/mol. The summed E-state index contributed by atoms with van der Waals surface area (Å²) in [6, 6.07) is 0. The number of aromatic nitrogens is 1.